The molecule has 0 aliphatic carbocycles. The molecular weight excluding hydrogens is 489 g/mol. The Hall–Kier alpha value is -3.67. The van der Waals surface area contributed by atoms with Crippen LogP contribution >= 0.6 is 7.52 Å². The third kappa shape index (κ3) is 6.56. The van der Waals surface area contributed by atoms with Gasteiger partial charge >= 0.3 is 19.5 Å². The fourth-order valence-electron chi connectivity index (χ4n) is 4.10. The molecule has 0 amide bonds. The normalized spacial score (nSPS) is 13.7. The van der Waals surface area contributed by atoms with Crippen molar-refractivity contribution in [1.82, 2.24) is 5.09 Å². The molecule has 0 saturated heterocycles. The van der Waals surface area contributed by atoms with E-state index in [1.807, 2.05) is 55.5 Å². The van der Waals surface area contributed by atoms with E-state index >= 15 is 0 Å². The lowest BCUT2D eigenvalue weighted by Crippen LogP contribution is -2.35. The molecule has 0 aromatic heterocycles. The number of benzene rings is 4. The molecule has 2 atom stereocenters. The third-order valence-corrected chi connectivity index (χ3v) is 8.08. The van der Waals surface area contributed by atoms with Gasteiger partial charge in [-0.15, -0.1) is 0 Å². The minimum Gasteiger partial charge on any atom is -0.478 e. The van der Waals surface area contributed by atoms with E-state index in [1.165, 1.54) is 0 Å². The molecule has 0 heterocycles. The van der Waals surface area contributed by atoms with Crippen LogP contribution in [0.15, 0.2) is 78.9 Å². The molecule has 7 nitrogen and oxygen atoms in total. The van der Waals surface area contributed by atoms with Gasteiger partial charge in [0.2, 0.25) is 0 Å². The standard InChI is InChI=1S/C29H30NO6P/c1-3-4-16-35-29(33)20(2)30-37(34,36-27-11-7-9-23-8-5-6-10-26(23)27)19-21-12-13-22-14-15-24(28(31)32)18-25(22)17-21/h5-15,17-18,20H,3-4,16,19H2,1-2H3,(H,30,34)(H,31,32)/t20-,37?/m0/s1. The molecule has 4 rings (SSSR count). The van der Waals surface area contributed by atoms with Crippen LogP contribution in [-0.2, 0) is 20.3 Å². The van der Waals surface area contributed by atoms with Gasteiger partial charge in [0, 0.05) is 5.39 Å². The molecule has 1 unspecified atom stereocenters. The smallest absolute Gasteiger partial charge is 0.335 e. The van der Waals surface area contributed by atoms with Crippen molar-refractivity contribution in [2.75, 3.05) is 6.61 Å². The Morgan fingerprint density at radius 1 is 0.946 bits per heavy atom. The monoisotopic (exact) mass is 519 g/mol. The zero-order valence-electron chi connectivity index (χ0n) is 20.8. The average Bonchev–Trinajstić information content (AvgIpc) is 2.88. The maximum absolute atomic E-state index is 14.3. The quantitative estimate of drug-likeness (QED) is 0.128. The zero-order valence-corrected chi connectivity index (χ0v) is 21.7. The molecule has 0 radical (unpaired) electrons. The topological polar surface area (TPSA) is 102 Å². The molecule has 0 spiro atoms. The van der Waals surface area contributed by atoms with Gasteiger partial charge in [-0.25, -0.2) is 9.88 Å². The van der Waals surface area contributed by atoms with E-state index in [0.29, 0.717) is 23.3 Å². The first-order chi connectivity index (χ1) is 17.8. The third-order valence-electron chi connectivity index (χ3n) is 6.02. The van der Waals surface area contributed by atoms with Crippen LogP contribution < -0.4 is 9.61 Å². The molecule has 4 aromatic rings. The van der Waals surface area contributed by atoms with Gasteiger partial charge in [-0.3, -0.25) is 9.36 Å². The van der Waals surface area contributed by atoms with E-state index in [1.54, 1.807) is 37.3 Å². The van der Waals surface area contributed by atoms with Crippen LogP contribution in [0.5, 0.6) is 5.75 Å². The Balaban J connectivity index is 1.67. The van der Waals surface area contributed by atoms with Crippen molar-refractivity contribution in [3.05, 3.63) is 90.0 Å². The molecule has 37 heavy (non-hydrogen) atoms. The number of aromatic carboxylic acids is 1. The first-order valence-corrected chi connectivity index (χ1v) is 14.1. The van der Waals surface area contributed by atoms with Crippen LogP contribution in [0.3, 0.4) is 0 Å². The number of carbonyl (C=O) groups excluding carboxylic acids is 1. The fraction of sp³-hybridized carbons (Fsp3) is 0.241. The summed E-state index contributed by atoms with van der Waals surface area (Å²) in [5.41, 5.74) is 0.846. The lowest BCUT2D eigenvalue weighted by Gasteiger charge is -2.24. The van der Waals surface area contributed by atoms with Crippen LogP contribution in [-0.4, -0.2) is 29.7 Å². The van der Waals surface area contributed by atoms with Crippen molar-refractivity contribution >= 4 is 41.0 Å². The highest BCUT2D eigenvalue weighted by Crippen LogP contribution is 2.48. The van der Waals surface area contributed by atoms with Crippen molar-refractivity contribution in [1.29, 1.82) is 0 Å². The van der Waals surface area contributed by atoms with Crippen LogP contribution in [0.25, 0.3) is 21.5 Å². The Bertz CT molecular complexity index is 1480. The van der Waals surface area contributed by atoms with E-state index in [4.69, 9.17) is 9.26 Å². The van der Waals surface area contributed by atoms with Crippen LogP contribution in [0.4, 0.5) is 0 Å². The number of nitrogens with one attached hydrogen (secondary N) is 1. The van der Waals surface area contributed by atoms with Gasteiger partial charge < -0.3 is 14.4 Å². The van der Waals surface area contributed by atoms with Gasteiger partial charge in [0.05, 0.1) is 18.3 Å². The predicted octanol–water partition coefficient (Wildman–Crippen LogP) is 6.78. The van der Waals surface area contributed by atoms with Crippen molar-refractivity contribution in [2.45, 2.75) is 38.9 Å². The summed E-state index contributed by atoms with van der Waals surface area (Å²) in [6.45, 7) is 3.91. The average molecular weight is 520 g/mol. The lowest BCUT2D eigenvalue weighted by atomic mass is 10.0. The molecular formula is C29H30NO6P. The number of ether oxygens (including phenoxy) is 1. The summed E-state index contributed by atoms with van der Waals surface area (Å²) in [5, 5.41) is 15.6. The minimum atomic E-state index is -3.69. The van der Waals surface area contributed by atoms with Crippen molar-refractivity contribution in [3.8, 4) is 5.75 Å². The molecule has 0 aliphatic heterocycles. The second-order valence-corrected chi connectivity index (χ2v) is 11.1. The van der Waals surface area contributed by atoms with Gasteiger partial charge in [0.1, 0.15) is 11.8 Å². The lowest BCUT2D eigenvalue weighted by molar-refractivity contribution is -0.145. The predicted molar refractivity (Wildman–Crippen MR) is 145 cm³/mol. The van der Waals surface area contributed by atoms with E-state index in [9.17, 15) is 19.3 Å². The first kappa shape index (κ1) is 26.4. The number of fused-ring (bicyclic) bond motifs is 2. The Kier molecular flexibility index (Phi) is 8.27. The van der Waals surface area contributed by atoms with Crippen molar-refractivity contribution in [2.24, 2.45) is 0 Å². The van der Waals surface area contributed by atoms with Gasteiger partial charge in [-0.1, -0.05) is 74.0 Å². The summed E-state index contributed by atoms with van der Waals surface area (Å²) in [6.07, 6.45) is 1.62. The second kappa shape index (κ2) is 11.6. The summed E-state index contributed by atoms with van der Waals surface area (Å²) in [7, 11) is -3.69. The summed E-state index contributed by atoms with van der Waals surface area (Å²) >= 11 is 0. The van der Waals surface area contributed by atoms with Gasteiger partial charge in [-0.05, 0) is 53.3 Å². The van der Waals surface area contributed by atoms with Crippen LogP contribution in [0.2, 0.25) is 0 Å². The summed E-state index contributed by atoms with van der Waals surface area (Å²) < 4.78 is 25.8. The summed E-state index contributed by atoms with van der Waals surface area (Å²) in [4.78, 5) is 24.0. The Labute approximate surface area is 215 Å². The molecule has 0 bridgehead atoms. The molecule has 4 aromatic carbocycles. The number of carbonyl (C=O) groups is 2. The minimum absolute atomic E-state index is 0.0178. The molecule has 192 valence electrons. The number of carboxylic acids is 1. The Morgan fingerprint density at radius 3 is 2.49 bits per heavy atom. The van der Waals surface area contributed by atoms with E-state index in [-0.39, 0.29) is 11.7 Å². The highest BCUT2D eigenvalue weighted by molar-refractivity contribution is 7.56. The highest BCUT2D eigenvalue weighted by Gasteiger charge is 2.31. The van der Waals surface area contributed by atoms with E-state index in [2.05, 4.69) is 5.09 Å². The van der Waals surface area contributed by atoms with Gasteiger partial charge in [0.25, 0.3) is 0 Å². The number of unbranched alkanes of at least 4 members (excludes halogenated alkanes) is 1. The highest BCUT2D eigenvalue weighted by atomic mass is 31.2. The van der Waals surface area contributed by atoms with Gasteiger partial charge in [-0.2, -0.15) is 0 Å². The summed E-state index contributed by atoms with van der Waals surface area (Å²) in [5.74, 6) is -1.08. The number of hydrogen-bond donors (Lipinski definition) is 2. The number of hydrogen-bond acceptors (Lipinski definition) is 5. The molecule has 0 saturated carbocycles. The Morgan fingerprint density at radius 2 is 1.70 bits per heavy atom. The molecule has 2 N–H and O–H groups in total. The van der Waals surface area contributed by atoms with Crippen LogP contribution in [0, 0.1) is 0 Å². The van der Waals surface area contributed by atoms with Crippen molar-refractivity contribution < 1.29 is 28.5 Å². The zero-order chi connectivity index (χ0) is 26.4. The summed E-state index contributed by atoms with van der Waals surface area (Å²) in [6, 6.07) is 22.6. The number of rotatable bonds is 11. The molecule has 0 aliphatic rings. The maximum Gasteiger partial charge on any atom is 0.335 e. The maximum atomic E-state index is 14.3. The van der Waals surface area contributed by atoms with E-state index < -0.39 is 25.5 Å². The largest absolute Gasteiger partial charge is 0.478 e. The molecule has 8 heteroatoms. The van der Waals surface area contributed by atoms with Crippen molar-refractivity contribution in [3.63, 3.8) is 0 Å². The second-order valence-electron chi connectivity index (χ2n) is 8.97. The molecule has 0 fully saturated rings. The van der Waals surface area contributed by atoms with Gasteiger partial charge in [0.15, 0.2) is 0 Å². The fourth-order valence-corrected chi connectivity index (χ4v) is 6.15. The number of esters is 1. The number of carboxylic acid groups (broad SMARTS) is 1. The SMILES string of the molecule is CCCCOC(=O)[C@H](C)NP(=O)(Cc1ccc2ccc(C(=O)O)cc2c1)Oc1cccc2ccccc12. The first-order valence-electron chi connectivity index (χ1n) is 12.2. The van der Waals surface area contributed by atoms with E-state index in [0.717, 1.165) is 29.0 Å². The van der Waals surface area contributed by atoms with Crippen LogP contribution in [0.1, 0.15) is 42.6 Å².